The molecule has 13 heavy (non-hydrogen) atoms. The molecule has 0 aromatic heterocycles. The van der Waals surface area contributed by atoms with Crippen molar-refractivity contribution in [2.45, 2.75) is 32.9 Å². The van der Waals surface area contributed by atoms with E-state index >= 15 is 0 Å². The van der Waals surface area contributed by atoms with Crippen molar-refractivity contribution in [2.75, 3.05) is 26.7 Å². The Labute approximate surface area is 81.2 Å². The van der Waals surface area contributed by atoms with Gasteiger partial charge in [-0.15, -0.1) is 0 Å². The van der Waals surface area contributed by atoms with Gasteiger partial charge in [0.25, 0.3) is 0 Å². The largest absolute Gasteiger partial charge is 0.374 e. The summed E-state index contributed by atoms with van der Waals surface area (Å²) < 4.78 is 5.67. The second-order valence-corrected chi connectivity index (χ2v) is 5.06. The predicted octanol–water partition coefficient (Wildman–Crippen LogP) is 0.690. The molecule has 2 atom stereocenters. The highest BCUT2D eigenvalue weighted by atomic mass is 16.5. The van der Waals surface area contributed by atoms with Crippen molar-refractivity contribution < 1.29 is 4.74 Å². The van der Waals surface area contributed by atoms with Crippen LogP contribution in [-0.4, -0.2) is 43.8 Å². The van der Waals surface area contributed by atoms with E-state index < -0.39 is 0 Å². The van der Waals surface area contributed by atoms with Crippen molar-refractivity contribution in [3.8, 4) is 0 Å². The lowest BCUT2D eigenvalue weighted by atomic mass is 9.83. The maximum absolute atomic E-state index is 6.14. The van der Waals surface area contributed by atoms with Crippen LogP contribution in [0.4, 0.5) is 0 Å². The van der Waals surface area contributed by atoms with Gasteiger partial charge in [-0.1, -0.05) is 20.8 Å². The van der Waals surface area contributed by atoms with Crippen LogP contribution in [0.2, 0.25) is 0 Å². The maximum atomic E-state index is 6.14. The molecule has 78 valence electrons. The van der Waals surface area contributed by atoms with E-state index in [-0.39, 0.29) is 17.6 Å². The Morgan fingerprint density at radius 1 is 1.46 bits per heavy atom. The first kappa shape index (κ1) is 11.0. The third-order valence-corrected chi connectivity index (χ3v) is 2.70. The molecule has 2 N–H and O–H groups in total. The standard InChI is InChI=1S/C10H22N2O/c1-10(2,3)9(11)8-7-12(4)5-6-13-8/h8-9H,5-7,11H2,1-4H3. The quantitative estimate of drug-likeness (QED) is 0.655. The van der Waals surface area contributed by atoms with E-state index in [1.54, 1.807) is 0 Å². The van der Waals surface area contributed by atoms with Gasteiger partial charge in [0.15, 0.2) is 0 Å². The molecular weight excluding hydrogens is 164 g/mol. The van der Waals surface area contributed by atoms with Gasteiger partial charge in [0.05, 0.1) is 12.7 Å². The molecule has 0 bridgehead atoms. The average Bonchev–Trinajstić information content (AvgIpc) is 2.01. The van der Waals surface area contributed by atoms with Crippen LogP contribution < -0.4 is 5.73 Å². The Morgan fingerprint density at radius 2 is 2.08 bits per heavy atom. The van der Waals surface area contributed by atoms with Crippen molar-refractivity contribution in [1.82, 2.24) is 4.90 Å². The molecule has 0 saturated carbocycles. The molecule has 1 heterocycles. The van der Waals surface area contributed by atoms with Crippen LogP contribution in [0.3, 0.4) is 0 Å². The zero-order valence-electron chi connectivity index (χ0n) is 9.21. The van der Waals surface area contributed by atoms with E-state index in [0.717, 1.165) is 19.7 Å². The lowest BCUT2D eigenvalue weighted by Gasteiger charge is -2.39. The summed E-state index contributed by atoms with van der Waals surface area (Å²) in [6.07, 6.45) is 0.193. The summed E-state index contributed by atoms with van der Waals surface area (Å²) in [5.74, 6) is 0. The van der Waals surface area contributed by atoms with E-state index in [4.69, 9.17) is 10.5 Å². The lowest BCUT2D eigenvalue weighted by Crippen LogP contribution is -2.54. The molecule has 0 amide bonds. The van der Waals surface area contributed by atoms with Gasteiger partial charge in [0.2, 0.25) is 0 Å². The zero-order chi connectivity index (χ0) is 10.1. The van der Waals surface area contributed by atoms with Gasteiger partial charge in [-0.25, -0.2) is 0 Å². The monoisotopic (exact) mass is 186 g/mol. The van der Waals surface area contributed by atoms with Crippen LogP contribution in [0.25, 0.3) is 0 Å². The normalized spacial score (nSPS) is 28.8. The van der Waals surface area contributed by atoms with Crippen molar-refractivity contribution in [3.63, 3.8) is 0 Å². The van der Waals surface area contributed by atoms with Crippen molar-refractivity contribution >= 4 is 0 Å². The van der Waals surface area contributed by atoms with Crippen LogP contribution in [0.1, 0.15) is 20.8 Å². The fraction of sp³-hybridized carbons (Fsp3) is 1.00. The zero-order valence-corrected chi connectivity index (χ0v) is 9.21. The summed E-state index contributed by atoms with van der Waals surface area (Å²) in [6.45, 7) is 9.28. The van der Waals surface area contributed by atoms with Crippen molar-refractivity contribution in [1.29, 1.82) is 0 Å². The van der Waals surface area contributed by atoms with E-state index in [1.165, 1.54) is 0 Å². The van der Waals surface area contributed by atoms with Crippen LogP contribution in [0.15, 0.2) is 0 Å². The Balaban J connectivity index is 2.51. The third-order valence-electron chi connectivity index (χ3n) is 2.70. The summed E-state index contributed by atoms with van der Waals surface area (Å²) in [4.78, 5) is 2.28. The minimum atomic E-state index is 0.121. The van der Waals surface area contributed by atoms with Gasteiger partial charge in [-0.2, -0.15) is 0 Å². The maximum Gasteiger partial charge on any atom is 0.0858 e. The van der Waals surface area contributed by atoms with Crippen LogP contribution in [-0.2, 0) is 4.74 Å². The number of nitrogens with zero attached hydrogens (tertiary/aromatic N) is 1. The van der Waals surface area contributed by atoms with E-state index in [9.17, 15) is 0 Å². The van der Waals surface area contributed by atoms with Crippen LogP contribution in [0, 0.1) is 5.41 Å². The Morgan fingerprint density at radius 3 is 2.54 bits per heavy atom. The first-order chi connectivity index (χ1) is 5.91. The summed E-state index contributed by atoms with van der Waals surface area (Å²) in [7, 11) is 2.12. The number of nitrogens with two attached hydrogens (primary N) is 1. The Bertz CT molecular complexity index is 165. The highest BCUT2D eigenvalue weighted by Gasteiger charge is 2.32. The molecule has 1 fully saturated rings. The SMILES string of the molecule is CN1CCOC(C(N)C(C)(C)C)C1. The third kappa shape index (κ3) is 2.93. The first-order valence-corrected chi connectivity index (χ1v) is 4.97. The number of hydrogen-bond acceptors (Lipinski definition) is 3. The lowest BCUT2D eigenvalue weighted by molar-refractivity contribution is -0.0498. The van der Waals surface area contributed by atoms with Gasteiger partial charge in [0.1, 0.15) is 0 Å². The predicted molar refractivity (Wildman–Crippen MR) is 54.7 cm³/mol. The number of hydrogen-bond donors (Lipinski definition) is 1. The molecule has 0 spiro atoms. The first-order valence-electron chi connectivity index (χ1n) is 4.97. The smallest absolute Gasteiger partial charge is 0.0858 e. The number of ether oxygens (including phenoxy) is 1. The second-order valence-electron chi connectivity index (χ2n) is 5.06. The molecule has 1 rings (SSSR count). The van der Waals surface area contributed by atoms with Gasteiger partial charge in [0, 0.05) is 19.1 Å². The van der Waals surface area contributed by atoms with E-state index in [2.05, 4.69) is 32.7 Å². The number of morpholine rings is 1. The minimum Gasteiger partial charge on any atom is -0.374 e. The van der Waals surface area contributed by atoms with Gasteiger partial charge in [-0.05, 0) is 12.5 Å². The van der Waals surface area contributed by atoms with Crippen LogP contribution >= 0.6 is 0 Å². The summed E-state index contributed by atoms with van der Waals surface area (Å²) in [5, 5.41) is 0. The number of likely N-dealkylation sites (N-methyl/N-ethyl adjacent to an activating group) is 1. The molecule has 0 aliphatic carbocycles. The van der Waals surface area contributed by atoms with E-state index in [1.807, 2.05) is 0 Å². The Hall–Kier alpha value is -0.120. The molecule has 3 heteroatoms. The molecule has 2 unspecified atom stereocenters. The molecular formula is C10H22N2O. The average molecular weight is 186 g/mol. The molecule has 1 aliphatic rings. The minimum absolute atomic E-state index is 0.121. The van der Waals surface area contributed by atoms with Crippen LogP contribution in [0.5, 0.6) is 0 Å². The highest BCUT2D eigenvalue weighted by Crippen LogP contribution is 2.23. The molecule has 1 aliphatic heterocycles. The van der Waals surface area contributed by atoms with Crippen molar-refractivity contribution in [3.05, 3.63) is 0 Å². The topological polar surface area (TPSA) is 38.5 Å². The number of rotatable bonds is 1. The summed E-state index contributed by atoms with van der Waals surface area (Å²) in [5.41, 5.74) is 6.26. The molecule has 1 saturated heterocycles. The van der Waals surface area contributed by atoms with Crippen molar-refractivity contribution in [2.24, 2.45) is 11.1 Å². The molecule has 0 aromatic carbocycles. The van der Waals surface area contributed by atoms with Gasteiger partial charge >= 0.3 is 0 Å². The van der Waals surface area contributed by atoms with Gasteiger partial charge < -0.3 is 15.4 Å². The second kappa shape index (κ2) is 3.95. The summed E-state index contributed by atoms with van der Waals surface area (Å²) in [6, 6.07) is 0.121. The fourth-order valence-corrected chi connectivity index (χ4v) is 1.59. The highest BCUT2D eigenvalue weighted by molar-refractivity contribution is 4.87. The Kier molecular flexibility index (Phi) is 3.33. The molecule has 0 radical (unpaired) electrons. The fourth-order valence-electron chi connectivity index (χ4n) is 1.59. The molecule has 3 nitrogen and oxygen atoms in total. The van der Waals surface area contributed by atoms with E-state index in [0.29, 0.717) is 0 Å². The summed E-state index contributed by atoms with van der Waals surface area (Å²) >= 11 is 0. The van der Waals surface area contributed by atoms with Gasteiger partial charge in [-0.3, -0.25) is 0 Å². The molecule has 0 aromatic rings.